The number of aliphatic carboxylic acids is 1. The van der Waals surface area contributed by atoms with Crippen LogP contribution in [0.5, 0.6) is 0 Å². The van der Waals surface area contributed by atoms with Crippen molar-refractivity contribution in [3.8, 4) is 0 Å². The van der Waals surface area contributed by atoms with E-state index in [0.717, 1.165) is 11.8 Å². The topological polar surface area (TPSA) is 72.5 Å². The summed E-state index contributed by atoms with van der Waals surface area (Å²) in [5, 5.41) is 8.38. The molecule has 0 fully saturated rings. The lowest BCUT2D eigenvalue weighted by molar-refractivity contribution is -0.168. The van der Waals surface area contributed by atoms with Crippen LogP contribution in [0.4, 0.5) is 13.2 Å². The quantitative estimate of drug-likeness (QED) is 0.520. The van der Waals surface area contributed by atoms with Gasteiger partial charge in [-0.2, -0.15) is 13.2 Å². The molecule has 3 N–H and O–H groups in total. The lowest BCUT2D eigenvalue weighted by Crippen LogP contribution is -2.30. The SMILES string of the molecule is NC(CCSCOCC(F)(F)F)C(=O)O. The Bertz CT molecular complexity index is 200. The van der Waals surface area contributed by atoms with Crippen molar-refractivity contribution in [2.75, 3.05) is 18.3 Å². The zero-order valence-corrected chi connectivity index (χ0v) is 8.61. The monoisotopic (exact) mass is 247 g/mol. The van der Waals surface area contributed by atoms with Gasteiger partial charge in [-0.15, -0.1) is 11.8 Å². The van der Waals surface area contributed by atoms with Crippen molar-refractivity contribution in [1.29, 1.82) is 0 Å². The second-order valence-corrected chi connectivity index (χ2v) is 3.78. The van der Waals surface area contributed by atoms with Gasteiger partial charge in [-0.05, 0) is 12.2 Å². The molecule has 0 saturated heterocycles. The Labute approximate surface area is 89.0 Å². The van der Waals surface area contributed by atoms with E-state index < -0.39 is 24.8 Å². The van der Waals surface area contributed by atoms with Crippen molar-refractivity contribution in [2.45, 2.75) is 18.6 Å². The number of rotatable bonds is 7. The standard InChI is InChI=1S/C7H12F3NO3S/c8-7(9,10)3-14-4-15-2-1-5(11)6(12)13/h5H,1-4,11H2,(H,12,13). The molecule has 8 heteroatoms. The summed E-state index contributed by atoms with van der Waals surface area (Å²) in [5.41, 5.74) is 5.17. The van der Waals surface area contributed by atoms with Crippen molar-refractivity contribution in [1.82, 2.24) is 0 Å². The van der Waals surface area contributed by atoms with Crippen molar-refractivity contribution in [3.05, 3.63) is 0 Å². The van der Waals surface area contributed by atoms with Gasteiger partial charge in [0.25, 0.3) is 0 Å². The van der Waals surface area contributed by atoms with Gasteiger partial charge < -0.3 is 15.6 Å². The molecule has 0 saturated carbocycles. The molecule has 0 aromatic rings. The molecule has 0 aromatic carbocycles. The Morgan fingerprint density at radius 2 is 2.13 bits per heavy atom. The molecule has 0 bridgehead atoms. The summed E-state index contributed by atoms with van der Waals surface area (Å²) in [4.78, 5) is 10.2. The van der Waals surface area contributed by atoms with Gasteiger partial charge in [0.2, 0.25) is 0 Å². The number of carbonyl (C=O) groups is 1. The number of alkyl halides is 3. The second-order valence-electron chi connectivity index (χ2n) is 2.72. The number of nitrogens with two attached hydrogens (primary N) is 1. The van der Waals surface area contributed by atoms with Gasteiger partial charge in [0.1, 0.15) is 12.6 Å². The fraction of sp³-hybridized carbons (Fsp3) is 0.857. The maximum Gasteiger partial charge on any atom is 0.411 e. The molecule has 4 nitrogen and oxygen atoms in total. The Balaban J connectivity index is 3.29. The molecular weight excluding hydrogens is 235 g/mol. The summed E-state index contributed by atoms with van der Waals surface area (Å²) in [7, 11) is 0. The number of thioether (sulfide) groups is 1. The highest BCUT2D eigenvalue weighted by atomic mass is 32.2. The predicted molar refractivity (Wildman–Crippen MR) is 49.6 cm³/mol. The molecule has 90 valence electrons. The molecule has 0 rings (SSSR count). The molecule has 0 radical (unpaired) electrons. The summed E-state index contributed by atoms with van der Waals surface area (Å²) in [6.45, 7) is -1.29. The molecule has 1 unspecified atom stereocenters. The summed E-state index contributed by atoms with van der Waals surface area (Å²) in [5.74, 6) is -0.885. The highest BCUT2D eigenvalue weighted by Gasteiger charge is 2.27. The summed E-state index contributed by atoms with van der Waals surface area (Å²) >= 11 is 1.07. The zero-order valence-electron chi connectivity index (χ0n) is 7.79. The van der Waals surface area contributed by atoms with Crippen LogP contribution in [-0.4, -0.2) is 41.6 Å². The number of halogens is 3. The lowest BCUT2D eigenvalue weighted by atomic mass is 10.2. The van der Waals surface area contributed by atoms with Crippen LogP contribution in [-0.2, 0) is 9.53 Å². The fourth-order valence-corrected chi connectivity index (χ4v) is 1.35. The van der Waals surface area contributed by atoms with E-state index in [1.165, 1.54) is 0 Å². The molecule has 0 aliphatic heterocycles. The second kappa shape index (κ2) is 6.91. The number of hydrogen-bond donors (Lipinski definition) is 2. The molecule has 0 amide bonds. The van der Waals surface area contributed by atoms with Gasteiger partial charge in [-0.25, -0.2) is 0 Å². The van der Waals surface area contributed by atoms with Crippen LogP contribution in [0.3, 0.4) is 0 Å². The fourth-order valence-electron chi connectivity index (χ4n) is 0.609. The Morgan fingerprint density at radius 1 is 1.53 bits per heavy atom. The van der Waals surface area contributed by atoms with Gasteiger partial charge >= 0.3 is 12.1 Å². The van der Waals surface area contributed by atoms with Gasteiger partial charge in [0.15, 0.2) is 0 Å². The Hall–Kier alpha value is -0.470. The first-order valence-electron chi connectivity index (χ1n) is 4.03. The van der Waals surface area contributed by atoms with Crippen molar-refractivity contribution >= 4 is 17.7 Å². The number of hydrogen-bond acceptors (Lipinski definition) is 4. The molecule has 0 spiro atoms. The Kier molecular flexibility index (Phi) is 6.70. The smallest absolute Gasteiger partial charge is 0.411 e. The zero-order chi connectivity index (χ0) is 11.9. The van der Waals surface area contributed by atoms with Crippen LogP contribution < -0.4 is 5.73 Å². The highest BCUT2D eigenvalue weighted by molar-refractivity contribution is 7.99. The van der Waals surface area contributed by atoms with Crippen LogP contribution in [0, 0.1) is 0 Å². The first-order chi connectivity index (χ1) is 6.83. The third kappa shape index (κ3) is 9.83. The van der Waals surface area contributed by atoms with Crippen molar-refractivity contribution in [2.24, 2.45) is 5.73 Å². The molecular formula is C7H12F3NO3S. The maximum atomic E-state index is 11.6. The third-order valence-electron chi connectivity index (χ3n) is 1.32. The Morgan fingerprint density at radius 3 is 2.60 bits per heavy atom. The van der Waals surface area contributed by atoms with E-state index in [0.29, 0.717) is 5.75 Å². The van der Waals surface area contributed by atoms with Gasteiger partial charge in [-0.3, -0.25) is 4.79 Å². The average molecular weight is 247 g/mol. The minimum Gasteiger partial charge on any atom is -0.480 e. The molecule has 0 aliphatic rings. The first kappa shape index (κ1) is 14.5. The van der Waals surface area contributed by atoms with Gasteiger partial charge in [-0.1, -0.05) is 0 Å². The molecule has 1 atom stereocenters. The average Bonchev–Trinajstić information content (AvgIpc) is 2.08. The van der Waals surface area contributed by atoms with Gasteiger partial charge in [0, 0.05) is 0 Å². The van der Waals surface area contributed by atoms with Crippen molar-refractivity contribution in [3.63, 3.8) is 0 Å². The van der Waals surface area contributed by atoms with Crippen LogP contribution in [0.25, 0.3) is 0 Å². The number of ether oxygens (including phenoxy) is 1. The molecule has 0 aliphatic carbocycles. The minimum atomic E-state index is -4.32. The molecule has 15 heavy (non-hydrogen) atoms. The van der Waals surface area contributed by atoms with E-state index in [2.05, 4.69) is 4.74 Å². The normalized spacial score (nSPS) is 13.9. The van der Waals surface area contributed by atoms with Gasteiger partial charge in [0.05, 0.1) is 5.94 Å². The maximum absolute atomic E-state index is 11.6. The van der Waals surface area contributed by atoms with Crippen LogP contribution in [0.2, 0.25) is 0 Å². The van der Waals surface area contributed by atoms with E-state index in [4.69, 9.17) is 10.8 Å². The highest BCUT2D eigenvalue weighted by Crippen LogP contribution is 2.15. The summed E-state index contributed by atoms with van der Waals surface area (Å²) < 4.78 is 39.0. The van der Waals surface area contributed by atoms with E-state index in [1.807, 2.05) is 0 Å². The largest absolute Gasteiger partial charge is 0.480 e. The third-order valence-corrected chi connectivity index (χ3v) is 2.18. The lowest BCUT2D eigenvalue weighted by Gasteiger charge is -2.08. The van der Waals surface area contributed by atoms with Crippen molar-refractivity contribution < 1.29 is 27.8 Å². The summed E-state index contributed by atoms with van der Waals surface area (Å²) in [6.07, 6.45) is -4.12. The van der Waals surface area contributed by atoms with Crippen LogP contribution in [0.1, 0.15) is 6.42 Å². The first-order valence-corrected chi connectivity index (χ1v) is 5.19. The molecule has 0 aromatic heterocycles. The van der Waals surface area contributed by atoms with E-state index in [1.54, 1.807) is 0 Å². The summed E-state index contributed by atoms with van der Waals surface area (Å²) in [6, 6.07) is -0.972. The van der Waals surface area contributed by atoms with Crippen LogP contribution >= 0.6 is 11.8 Å². The number of carboxylic acid groups (broad SMARTS) is 1. The van der Waals surface area contributed by atoms with Crippen LogP contribution in [0.15, 0.2) is 0 Å². The van der Waals surface area contributed by atoms with E-state index >= 15 is 0 Å². The predicted octanol–water partition coefficient (Wildman–Crippen LogP) is 1.06. The molecule has 0 heterocycles. The van der Waals surface area contributed by atoms with E-state index in [9.17, 15) is 18.0 Å². The van der Waals surface area contributed by atoms with E-state index in [-0.39, 0.29) is 12.4 Å². The minimum absolute atomic E-state index is 0.119. The number of carboxylic acids is 1.